The molecule has 0 bridgehead atoms. The fourth-order valence-electron chi connectivity index (χ4n) is 3.09. The van der Waals surface area contributed by atoms with Crippen LogP contribution in [0.2, 0.25) is 10.0 Å². The van der Waals surface area contributed by atoms with Crippen molar-refractivity contribution in [2.45, 2.75) is 26.0 Å². The lowest BCUT2D eigenvalue weighted by molar-refractivity contribution is -0.00153. The quantitative estimate of drug-likeness (QED) is 0.613. The van der Waals surface area contributed by atoms with Gasteiger partial charge in [0.2, 0.25) is 5.95 Å². The third-order valence-electron chi connectivity index (χ3n) is 4.62. The Morgan fingerprint density at radius 3 is 3.07 bits per heavy atom. The van der Waals surface area contributed by atoms with Gasteiger partial charge in [0.15, 0.2) is 11.2 Å². The summed E-state index contributed by atoms with van der Waals surface area (Å²) in [6.07, 6.45) is 1.49. The summed E-state index contributed by atoms with van der Waals surface area (Å²) in [7, 11) is 0. The number of anilines is 1. The molecule has 2 N–H and O–H groups in total. The summed E-state index contributed by atoms with van der Waals surface area (Å²) in [6.45, 7) is 0.674. The van der Waals surface area contributed by atoms with Gasteiger partial charge in [-0.25, -0.2) is 4.98 Å². The molecule has 2 aromatic heterocycles. The molecule has 29 heavy (non-hydrogen) atoms. The molecule has 0 radical (unpaired) electrons. The fraction of sp³-hybridized carbons (Fsp3) is 0.421. The van der Waals surface area contributed by atoms with Crippen LogP contribution in [-0.2, 0) is 17.8 Å². The summed E-state index contributed by atoms with van der Waals surface area (Å²) in [4.78, 5) is 25.4. The van der Waals surface area contributed by atoms with Crippen LogP contribution in [0.3, 0.4) is 0 Å². The van der Waals surface area contributed by atoms with Crippen LogP contribution in [0.5, 0.6) is 0 Å². The number of halogens is 2. The van der Waals surface area contributed by atoms with Crippen molar-refractivity contribution in [2.24, 2.45) is 0 Å². The summed E-state index contributed by atoms with van der Waals surface area (Å²) in [6, 6.07) is 4.02. The monoisotopic (exact) mass is 439 g/mol. The molecule has 1 aliphatic heterocycles. The molecule has 8 nitrogen and oxygen atoms in total. The van der Waals surface area contributed by atoms with Crippen molar-refractivity contribution in [2.75, 3.05) is 31.6 Å². The van der Waals surface area contributed by atoms with Crippen LogP contribution in [0.15, 0.2) is 29.3 Å². The van der Waals surface area contributed by atoms with Crippen molar-refractivity contribution < 1.29 is 8.85 Å². The molecule has 1 aliphatic rings. The molecule has 0 amide bonds. The van der Waals surface area contributed by atoms with Gasteiger partial charge in [0, 0.05) is 36.3 Å². The molecule has 1 unspecified atom stereocenters. The average Bonchev–Trinajstić information content (AvgIpc) is 3.11. The van der Waals surface area contributed by atoms with E-state index in [0.717, 1.165) is 5.56 Å². The van der Waals surface area contributed by atoms with Crippen molar-refractivity contribution in [3.05, 3.63) is 50.5 Å². The Labute approximate surface area is 182 Å². The van der Waals surface area contributed by atoms with E-state index in [2.05, 4.69) is 20.3 Å². The van der Waals surface area contributed by atoms with Gasteiger partial charge in [0.1, 0.15) is 0 Å². The van der Waals surface area contributed by atoms with Crippen LogP contribution in [0.25, 0.3) is 11.2 Å². The predicted molar refractivity (Wildman–Crippen MR) is 114 cm³/mol. The highest BCUT2D eigenvalue weighted by molar-refractivity contribution is 6.42. The highest BCUT2D eigenvalue weighted by Crippen LogP contribution is 2.22. The van der Waals surface area contributed by atoms with Crippen LogP contribution < -0.4 is 10.9 Å². The molecule has 0 saturated carbocycles. The number of nitrogens with one attached hydrogen (secondary N) is 2. The smallest absolute Gasteiger partial charge is 0.278 e. The Morgan fingerprint density at radius 1 is 1.41 bits per heavy atom. The molecular weight excluding hydrogens is 415 g/mol. The average molecular weight is 440 g/mol. The molecular formula is C19H22Cl2N6O2. The molecule has 3 heterocycles. The largest absolute Gasteiger partial charge is 0.379 e. The van der Waals surface area contributed by atoms with Gasteiger partial charge >= 0.3 is 0 Å². The molecule has 1 atom stereocenters. The van der Waals surface area contributed by atoms with Gasteiger partial charge in [0.05, 0.1) is 29.6 Å². The minimum atomic E-state index is -1.78. The summed E-state index contributed by atoms with van der Waals surface area (Å²) in [5, 5.41) is 3.94. The van der Waals surface area contributed by atoms with Crippen molar-refractivity contribution in [3.63, 3.8) is 0 Å². The summed E-state index contributed by atoms with van der Waals surface area (Å²) >= 11 is 12.0. The lowest BCUT2D eigenvalue weighted by Gasteiger charge is -2.33. The minimum absolute atomic E-state index is 0.104. The van der Waals surface area contributed by atoms with Crippen LogP contribution in [-0.4, -0.2) is 56.7 Å². The van der Waals surface area contributed by atoms with Crippen molar-refractivity contribution in [1.29, 1.82) is 0 Å². The van der Waals surface area contributed by atoms with E-state index in [1.54, 1.807) is 23.6 Å². The Balaban J connectivity index is 1.50. The summed E-state index contributed by atoms with van der Waals surface area (Å²) in [5.74, 6) is 0.266. The summed E-state index contributed by atoms with van der Waals surface area (Å²) in [5.41, 5.74) is 1.04. The van der Waals surface area contributed by atoms with E-state index in [1.807, 2.05) is 6.07 Å². The lowest BCUT2D eigenvalue weighted by Crippen LogP contribution is -2.44. The molecule has 1 saturated heterocycles. The topological polar surface area (TPSA) is 88.1 Å². The number of rotatable bonds is 6. The number of imidazole rings is 1. The second-order valence-corrected chi connectivity index (χ2v) is 7.48. The molecule has 3 aromatic rings. The van der Waals surface area contributed by atoms with E-state index >= 15 is 0 Å². The Hall–Kier alpha value is -2.13. The lowest BCUT2D eigenvalue weighted by atomic mass is 10.2. The van der Waals surface area contributed by atoms with Gasteiger partial charge in [-0.1, -0.05) is 29.3 Å². The number of hydrogen-bond donors (Lipinski definition) is 2. The van der Waals surface area contributed by atoms with Gasteiger partial charge in [-0.05, 0) is 24.6 Å². The van der Waals surface area contributed by atoms with E-state index in [0.29, 0.717) is 16.6 Å². The minimum Gasteiger partial charge on any atom is -0.379 e. The highest BCUT2D eigenvalue weighted by Gasteiger charge is 2.19. The number of aromatic amines is 1. The number of morpholine rings is 1. The Morgan fingerprint density at radius 2 is 2.28 bits per heavy atom. The maximum absolute atomic E-state index is 12.7. The number of nitrogens with zero attached hydrogens (tertiary/aromatic N) is 4. The van der Waals surface area contributed by atoms with Gasteiger partial charge in [0.25, 0.3) is 5.56 Å². The zero-order valence-corrected chi connectivity index (χ0v) is 17.2. The molecule has 1 aromatic carbocycles. The zero-order chi connectivity index (χ0) is 23.1. The number of hydrogen-bond acceptors (Lipinski definition) is 6. The number of fused-ring (bicyclic) bond motifs is 1. The van der Waals surface area contributed by atoms with Gasteiger partial charge < -0.3 is 14.6 Å². The van der Waals surface area contributed by atoms with Crippen LogP contribution >= 0.6 is 23.2 Å². The number of ether oxygens (including phenoxy) is 1. The highest BCUT2D eigenvalue weighted by atomic mass is 35.5. The summed E-state index contributed by atoms with van der Waals surface area (Å²) < 4.78 is 31.5. The first kappa shape index (κ1) is 16.6. The molecule has 0 spiro atoms. The van der Waals surface area contributed by atoms with E-state index in [-0.39, 0.29) is 49.0 Å². The third kappa shape index (κ3) is 4.56. The van der Waals surface area contributed by atoms with E-state index < -0.39 is 12.5 Å². The molecule has 10 heteroatoms. The molecule has 0 aliphatic carbocycles. The maximum atomic E-state index is 12.7. The van der Waals surface area contributed by atoms with Crippen molar-refractivity contribution in [1.82, 2.24) is 24.4 Å². The van der Waals surface area contributed by atoms with Gasteiger partial charge in [-0.3, -0.25) is 14.7 Å². The normalized spacial score (nSPS) is 23.5. The predicted octanol–water partition coefficient (Wildman–Crippen LogP) is 2.76. The van der Waals surface area contributed by atoms with Gasteiger partial charge in [-0.15, -0.1) is 0 Å². The van der Waals surface area contributed by atoms with Crippen molar-refractivity contribution >= 4 is 40.3 Å². The maximum Gasteiger partial charge on any atom is 0.278 e. The fourth-order valence-corrected chi connectivity index (χ4v) is 3.41. The molecule has 154 valence electrons. The van der Waals surface area contributed by atoms with E-state index in [1.165, 1.54) is 11.2 Å². The van der Waals surface area contributed by atoms with Gasteiger partial charge in [-0.2, -0.15) is 4.98 Å². The number of aromatic nitrogens is 4. The zero-order valence-electron chi connectivity index (χ0n) is 18.7. The van der Waals surface area contributed by atoms with Crippen LogP contribution in [0.1, 0.15) is 16.6 Å². The molecule has 4 rings (SSSR count). The second-order valence-electron chi connectivity index (χ2n) is 6.66. The SMILES string of the molecule is [2H]C1([2H])COCC([2H])(C)N1CCn1cnc2nc(NCc3ccc(Cl)c(Cl)c3)[nH]c(=O)c21. The Kier molecular flexibility index (Phi) is 5.00. The Bertz CT molecular complexity index is 1180. The first-order valence-electron chi connectivity index (χ1n) is 10.6. The van der Waals surface area contributed by atoms with E-state index in [9.17, 15) is 4.79 Å². The van der Waals surface area contributed by atoms with Crippen molar-refractivity contribution in [3.8, 4) is 0 Å². The first-order chi connectivity index (χ1) is 15.1. The molecule has 1 fully saturated rings. The number of benzene rings is 1. The van der Waals surface area contributed by atoms with E-state index in [4.69, 9.17) is 32.1 Å². The standard InChI is InChI=1S/C19H22Cl2N6O2/c1-12-10-29-7-6-26(12)4-5-27-11-23-17-16(27)18(28)25-19(24-17)22-9-13-2-3-14(20)15(21)8-13/h2-3,8,11-12H,4-7,9-10H2,1H3,(H2,22,24,25,28)/i6D2,12D. The van der Waals surface area contributed by atoms with Crippen LogP contribution in [0.4, 0.5) is 5.95 Å². The first-order valence-corrected chi connectivity index (χ1v) is 9.81. The second kappa shape index (κ2) is 8.71. The third-order valence-corrected chi connectivity index (χ3v) is 5.36. The number of H-pyrrole nitrogens is 1. The van der Waals surface area contributed by atoms with Crippen LogP contribution in [0, 0.1) is 0 Å².